The van der Waals surface area contributed by atoms with Crippen LogP contribution in [0.1, 0.15) is 0 Å². The highest BCUT2D eigenvalue weighted by atomic mass is 16.5. The summed E-state index contributed by atoms with van der Waals surface area (Å²) in [6.45, 7) is 0. The summed E-state index contributed by atoms with van der Waals surface area (Å²) in [4.78, 5) is 15.8. The molecule has 0 saturated carbocycles. The highest BCUT2D eigenvalue weighted by molar-refractivity contribution is 5.75. The quantitative estimate of drug-likeness (QED) is 0.776. The first-order valence-corrected chi connectivity index (χ1v) is 5.71. The van der Waals surface area contributed by atoms with Crippen LogP contribution in [0.2, 0.25) is 0 Å². The van der Waals surface area contributed by atoms with E-state index in [1.54, 1.807) is 26.6 Å². The molecule has 96 valence electrons. The highest BCUT2D eigenvalue weighted by Gasteiger charge is 2.12. The Morgan fingerprint density at radius 3 is 2.63 bits per heavy atom. The van der Waals surface area contributed by atoms with E-state index in [0.717, 1.165) is 11.3 Å². The van der Waals surface area contributed by atoms with Gasteiger partial charge in [-0.2, -0.15) is 0 Å². The van der Waals surface area contributed by atoms with E-state index < -0.39 is 0 Å². The molecule has 6 heteroatoms. The van der Waals surface area contributed by atoms with Gasteiger partial charge in [-0.05, 0) is 12.1 Å². The summed E-state index contributed by atoms with van der Waals surface area (Å²) in [7, 11) is 3.22. The van der Waals surface area contributed by atoms with Crippen molar-refractivity contribution in [3.8, 4) is 22.9 Å². The Kier molecular flexibility index (Phi) is 2.75. The molecule has 0 saturated heterocycles. The fourth-order valence-electron chi connectivity index (χ4n) is 1.87. The van der Waals surface area contributed by atoms with Crippen LogP contribution < -0.4 is 9.47 Å². The Morgan fingerprint density at radius 2 is 1.89 bits per heavy atom. The van der Waals surface area contributed by atoms with Gasteiger partial charge in [-0.25, -0.2) is 15.0 Å². The topological polar surface area (TPSA) is 72.9 Å². The van der Waals surface area contributed by atoms with Crippen LogP contribution in [-0.2, 0) is 0 Å². The average Bonchev–Trinajstić information content (AvgIpc) is 2.90. The standard InChI is InChI=1S/C13H12N4O2/c1-18-8-3-4-9(10(7-8)19-2)11-16-12-13(17-11)15-6-5-14-12/h3-7H,1-2H3,(H,14,15,16,17). The molecule has 19 heavy (non-hydrogen) atoms. The molecule has 0 aliphatic rings. The number of imidazole rings is 1. The van der Waals surface area contributed by atoms with E-state index in [-0.39, 0.29) is 0 Å². The normalized spacial score (nSPS) is 10.6. The van der Waals surface area contributed by atoms with Crippen LogP contribution >= 0.6 is 0 Å². The van der Waals surface area contributed by atoms with E-state index >= 15 is 0 Å². The van der Waals surface area contributed by atoms with E-state index in [0.29, 0.717) is 22.9 Å². The van der Waals surface area contributed by atoms with Crippen molar-refractivity contribution in [2.45, 2.75) is 0 Å². The van der Waals surface area contributed by atoms with E-state index in [1.165, 1.54) is 0 Å². The number of H-pyrrole nitrogens is 1. The summed E-state index contributed by atoms with van der Waals surface area (Å²) < 4.78 is 10.5. The molecule has 2 aromatic heterocycles. The van der Waals surface area contributed by atoms with Gasteiger partial charge in [-0.3, -0.25) is 0 Å². The van der Waals surface area contributed by atoms with Gasteiger partial charge >= 0.3 is 0 Å². The zero-order valence-electron chi connectivity index (χ0n) is 10.5. The third-order valence-electron chi connectivity index (χ3n) is 2.80. The minimum Gasteiger partial charge on any atom is -0.497 e. The number of hydrogen-bond donors (Lipinski definition) is 1. The van der Waals surface area contributed by atoms with E-state index in [2.05, 4.69) is 19.9 Å². The number of rotatable bonds is 3. The van der Waals surface area contributed by atoms with Crippen LogP contribution in [0, 0.1) is 0 Å². The molecule has 0 atom stereocenters. The fraction of sp³-hybridized carbons (Fsp3) is 0.154. The molecular formula is C13H12N4O2. The lowest BCUT2D eigenvalue weighted by Crippen LogP contribution is -1.91. The van der Waals surface area contributed by atoms with Gasteiger partial charge < -0.3 is 14.5 Å². The van der Waals surface area contributed by atoms with Crippen molar-refractivity contribution in [2.24, 2.45) is 0 Å². The summed E-state index contributed by atoms with van der Waals surface area (Å²) in [6, 6.07) is 5.55. The minimum absolute atomic E-state index is 0.579. The lowest BCUT2D eigenvalue weighted by Gasteiger charge is -2.08. The van der Waals surface area contributed by atoms with Gasteiger partial charge in [-0.1, -0.05) is 0 Å². The summed E-state index contributed by atoms with van der Waals surface area (Å²) in [5, 5.41) is 0. The Labute approximate surface area is 109 Å². The van der Waals surface area contributed by atoms with Gasteiger partial charge in [0, 0.05) is 18.5 Å². The number of fused-ring (bicyclic) bond motifs is 1. The molecule has 0 aliphatic heterocycles. The second-order valence-corrected chi connectivity index (χ2v) is 3.88. The first-order valence-electron chi connectivity index (χ1n) is 5.71. The van der Waals surface area contributed by atoms with Gasteiger partial charge in [0.25, 0.3) is 0 Å². The number of nitrogens with zero attached hydrogens (tertiary/aromatic N) is 3. The fourth-order valence-corrected chi connectivity index (χ4v) is 1.87. The Morgan fingerprint density at radius 1 is 1.05 bits per heavy atom. The van der Waals surface area contributed by atoms with Crippen LogP contribution in [-0.4, -0.2) is 34.2 Å². The van der Waals surface area contributed by atoms with Crippen LogP contribution in [0.5, 0.6) is 11.5 Å². The molecule has 1 aromatic carbocycles. The van der Waals surface area contributed by atoms with Crippen molar-refractivity contribution in [3.05, 3.63) is 30.6 Å². The van der Waals surface area contributed by atoms with Gasteiger partial charge in [0.2, 0.25) is 0 Å². The first-order chi connectivity index (χ1) is 9.31. The second kappa shape index (κ2) is 4.56. The second-order valence-electron chi connectivity index (χ2n) is 3.88. The summed E-state index contributed by atoms with van der Waals surface area (Å²) in [5.74, 6) is 2.08. The lowest BCUT2D eigenvalue weighted by atomic mass is 10.2. The maximum atomic E-state index is 5.36. The zero-order valence-corrected chi connectivity index (χ0v) is 10.5. The molecule has 3 aromatic rings. The average molecular weight is 256 g/mol. The highest BCUT2D eigenvalue weighted by Crippen LogP contribution is 2.32. The number of aromatic amines is 1. The van der Waals surface area contributed by atoms with Crippen molar-refractivity contribution in [1.29, 1.82) is 0 Å². The smallest absolute Gasteiger partial charge is 0.197 e. The predicted octanol–water partition coefficient (Wildman–Crippen LogP) is 2.04. The third kappa shape index (κ3) is 1.97. The number of aromatic nitrogens is 4. The Hall–Kier alpha value is -2.63. The van der Waals surface area contributed by atoms with Gasteiger partial charge in [0.05, 0.1) is 19.8 Å². The molecular weight excluding hydrogens is 244 g/mol. The van der Waals surface area contributed by atoms with Crippen molar-refractivity contribution in [3.63, 3.8) is 0 Å². The largest absolute Gasteiger partial charge is 0.497 e. The van der Waals surface area contributed by atoms with E-state index in [1.807, 2.05) is 18.2 Å². The summed E-state index contributed by atoms with van der Waals surface area (Å²) in [5.41, 5.74) is 2.06. The molecule has 1 N–H and O–H groups in total. The molecule has 0 unspecified atom stereocenters. The molecule has 0 radical (unpaired) electrons. The van der Waals surface area contributed by atoms with Gasteiger partial charge in [-0.15, -0.1) is 0 Å². The third-order valence-corrected chi connectivity index (χ3v) is 2.80. The van der Waals surface area contributed by atoms with Crippen molar-refractivity contribution < 1.29 is 9.47 Å². The van der Waals surface area contributed by atoms with Crippen LogP contribution in [0.25, 0.3) is 22.7 Å². The Balaban J connectivity index is 2.15. The first kappa shape index (κ1) is 11.5. The molecule has 0 spiro atoms. The van der Waals surface area contributed by atoms with Crippen molar-refractivity contribution >= 4 is 11.3 Å². The SMILES string of the molecule is COc1ccc(-c2nc3nccnc3[nH]2)c(OC)c1. The molecule has 6 nitrogen and oxygen atoms in total. The maximum Gasteiger partial charge on any atom is 0.197 e. The minimum atomic E-state index is 0.579. The Bertz CT molecular complexity index is 690. The summed E-state index contributed by atoms with van der Waals surface area (Å²) >= 11 is 0. The number of ether oxygens (including phenoxy) is 2. The van der Waals surface area contributed by atoms with Crippen molar-refractivity contribution in [1.82, 2.24) is 19.9 Å². The van der Waals surface area contributed by atoms with E-state index in [9.17, 15) is 0 Å². The molecule has 2 heterocycles. The number of nitrogens with one attached hydrogen (secondary N) is 1. The van der Waals surface area contributed by atoms with Crippen LogP contribution in [0.3, 0.4) is 0 Å². The molecule has 0 fully saturated rings. The molecule has 3 rings (SSSR count). The predicted molar refractivity (Wildman–Crippen MR) is 70.2 cm³/mol. The molecule has 0 amide bonds. The van der Waals surface area contributed by atoms with E-state index in [4.69, 9.17) is 9.47 Å². The van der Waals surface area contributed by atoms with Crippen molar-refractivity contribution in [2.75, 3.05) is 14.2 Å². The van der Waals surface area contributed by atoms with Gasteiger partial charge in [0.15, 0.2) is 11.3 Å². The number of benzene rings is 1. The summed E-state index contributed by atoms with van der Waals surface area (Å²) in [6.07, 6.45) is 3.23. The maximum absolute atomic E-state index is 5.36. The zero-order chi connectivity index (χ0) is 13.2. The monoisotopic (exact) mass is 256 g/mol. The van der Waals surface area contributed by atoms with Crippen LogP contribution in [0.15, 0.2) is 30.6 Å². The lowest BCUT2D eigenvalue weighted by molar-refractivity contribution is 0.395. The molecule has 0 aliphatic carbocycles. The number of hydrogen-bond acceptors (Lipinski definition) is 5. The number of methoxy groups -OCH3 is 2. The molecule has 0 bridgehead atoms. The van der Waals surface area contributed by atoms with Gasteiger partial charge in [0.1, 0.15) is 17.3 Å². The van der Waals surface area contributed by atoms with Crippen LogP contribution in [0.4, 0.5) is 0 Å².